The summed E-state index contributed by atoms with van der Waals surface area (Å²) in [5, 5.41) is 0. The van der Waals surface area contributed by atoms with Crippen molar-refractivity contribution in [1.82, 2.24) is 4.98 Å². The molecule has 0 atom stereocenters. The van der Waals surface area contributed by atoms with Crippen molar-refractivity contribution in [3.63, 3.8) is 0 Å². The first-order valence-corrected chi connectivity index (χ1v) is 3.25. The Hall–Kier alpha value is -1.78. The van der Waals surface area contributed by atoms with Crippen molar-refractivity contribution in [2.45, 2.75) is 0 Å². The Morgan fingerprint density at radius 3 is 3.00 bits per heavy atom. The predicted molar refractivity (Wildman–Crippen MR) is 41.2 cm³/mol. The molecule has 4 nitrogen and oxygen atoms in total. The van der Waals surface area contributed by atoms with E-state index in [1.165, 1.54) is 12.1 Å². The molecular formula is C7H5FN2O2. The molecule has 12 heavy (non-hydrogen) atoms. The van der Waals surface area contributed by atoms with Gasteiger partial charge in [-0.05, 0) is 12.1 Å². The van der Waals surface area contributed by atoms with Crippen molar-refractivity contribution in [2.75, 3.05) is 5.73 Å². The van der Waals surface area contributed by atoms with Gasteiger partial charge in [-0.3, -0.25) is 4.98 Å². The summed E-state index contributed by atoms with van der Waals surface area (Å²) >= 11 is 0. The van der Waals surface area contributed by atoms with E-state index in [9.17, 15) is 9.18 Å². The van der Waals surface area contributed by atoms with Crippen molar-refractivity contribution in [3.05, 3.63) is 28.5 Å². The maximum atomic E-state index is 13.0. The lowest BCUT2D eigenvalue weighted by molar-refractivity contribution is 0.525. The zero-order valence-corrected chi connectivity index (χ0v) is 5.93. The van der Waals surface area contributed by atoms with E-state index in [1.807, 2.05) is 0 Å². The number of benzene rings is 1. The van der Waals surface area contributed by atoms with Crippen LogP contribution in [0.1, 0.15) is 0 Å². The summed E-state index contributed by atoms with van der Waals surface area (Å²) in [7, 11) is 0. The highest BCUT2D eigenvalue weighted by Crippen LogP contribution is 2.19. The zero-order valence-electron chi connectivity index (χ0n) is 5.93. The van der Waals surface area contributed by atoms with E-state index in [0.29, 0.717) is 5.52 Å². The van der Waals surface area contributed by atoms with Gasteiger partial charge < -0.3 is 10.2 Å². The van der Waals surface area contributed by atoms with Crippen LogP contribution in [0.5, 0.6) is 0 Å². The second-order valence-corrected chi connectivity index (χ2v) is 2.36. The first-order chi connectivity index (χ1) is 5.68. The smallest absolute Gasteiger partial charge is 0.405 e. The molecule has 3 N–H and O–H groups in total. The normalized spacial score (nSPS) is 10.8. The van der Waals surface area contributed by atoms with Crippen LogP contribution in [-0.4, -0.2) is 4.98 Å². The Labute approximate surface area is 65.8 Å². The Morgan fingerprint density at radius 2 is 2.25 bits per heavy atom. The molecule has 5 heteroatoms. The van der Waals surface area contributed by atoms with Crippen molar-refractivity contribution in [2.24, 2.45) is 0 Å². The number of halogens is 1. The number of H-pyrrole nitrogens is 1. The number of rotatable bonds is 0. The Kier molecular flexibility index (Phi) is 1.21. The van der Waals surface area contributed by atoms with Gasteiger partial charge in [0.15, 0.2) is 11.4 Å². The SMILES string of the molecule is Nc1ccc2[nH]c(=O)oc2c1F. The second kappa shape index (κ2) is 2.10. The van der Waals surface area contributed by atoms with Crippen LogP contribution in [0.4, 0.5) is 10.1 Å². The Balaban J connectivity index is 2.99. The molecule has 2 aromatic rings. The first-order valence-electron chi connectivity index (χ1n) is 3.25. The molecule has 62 valence electrons. The average molecular weight is 168 g/mol. The number of fused-ring (bicyclic) bond motifs is 1. The minimum absolute atomic E-state index is 0.0368. The average Bonchev–Trinajstić information content (AvgIpc) is 2.39. The summed E-state index contributed by atoms with van der Waals surface area (Å²) in [6, 6.07) is 2.85. The van der Waals surface area contributed by atoms with Gasteiger partial charge in [-0.1, -0.05) is 0 Å². The van der Waals surface area contributed by atoms with Crippen LogP contribution in [-0.2, 0) is 0 Å². The molecule has 0 bridgehead atoms. The maximum Gasteiger partial charge on any atom is 0.417 e. The van der Waals surface area contributed by atoms with Crippen LogP contribution in [0.15, 0.2) is 21.3 Å². The van der Waals surface area contributed by atoms with Crippen molar-refractivity contribution in [1.29, 1.82) is 0 Å². The van der Waals surface area contributed by atoms with Gasteiger partial charge in [-0.25, -0.2) is 9.18 Å². The Bertz CT molecular complexity index is 486. The topological polar surface area (TPSA) is 72.0 Å². The van der Waals surface area contributed by atoms with Gasteiger partial charge >= 0.3 is 5.76 Å². The third-order valence-corrected chi connectivity index (χ3v) is 1.56. The zero-order chi connectivity index (χ0) is 8.72. The molecule has 1 aromatic carbocycles. The molecule has 0 saturated carbocycles. The summed E-state index contributed by atoms with van der Waals surface area (Å²) in [6.07, 6.45) is 0. The number of oxazole rings is 1. The number of aromatic nitrogens is 1. The van der Waals surface area contributed by atoms with Gasteiger partial charge in [0.2, 0.25) is 0 Å². The molecule has 0 fully saturated rings. The minimum Gasteiger partial charge on any atom is -0.405 e. The number of nitrogens with one attached hydrogen (secondary N) is 1. The monoisotopic (exact) mass is 168 g/mol. The van der Waals surface area contributed by atoms with Crippen molar-refractivity contribution < 1.29 is 8.81 Å². The standard InChI is InChI=1S/C7H5FN2O2/c8-5-3(9)1-2-4-6(5)12-7(11)10-4/h1-2H,9H2,(H,10,11). The van der Waals surface area contributed by atoms with Crippen molar-refractivity contribution in [3.8, 4) is 0 Å². The Morgan fingerprint density at radius 1 is 1.50 bits per heavy atom. The lowest BCUT2D eigenvalue weighted by atomic mass is 10.3. The van der Waals surface area contributed by atoms with Gasteiger partial charge in [0, 0.05) is 0 Å². The van der Waals surface area contributed by atoms with Crippen LogP contribution in [0.25, 0.3) is 11.1 Å². The third-order valence-electron chi connectivity index (χ3n) is 1.56. The summed E-state index contributed by atoms with van der Waals surface area (Å²) in [5.74, 6) is -1.39. The molecule has 0 aliphatic rings. The number of nitrogens with two attached hydrogens (primary N) is 1. The van der Waals surface area contributed by atoms with Crippen LogP contribution in [0.2, 0.25) is 0 Å². The molecule has 0 aliphatic heterocycles. The van der Waals surface area contributed by atoms with E-state index < -0.39 is 11.6 Å². The molecule has 1 heterocycles. The summed E-state index contributed by atoms with van der Waals surface area (Å²) in [5.41, 5.74) is 5.39. The number of hydrogen-bond acceptors (Lipinski definition) is 3. The van der Waals surface area contributed by atoms with E-state index in [1.54, 1.807) is 0 Å². The lowest BCUT2D eigenvalue weighted by Crippen LogP contribution is -1.92. The van der Waals surface area contributed by atoms with E-state index >= 15 is 0 Å². The maximum absolute atomic E-state index is 13.0. The summed E-state index contributed by atoms with van der Waals surface area (Å²) in [6.45, 7) is 0. The molecule has 1 aromatic heterocycles. The highest BCUT2D eigenvalue weighted by Gasteiger charge is 2.08. The fourth-order valence-corrected chi connectivity index (χ4v) is 0.998. The highest BCUT2D eigenvalue weighted by molar-refractivity contribution is 5.76. The number of nitrogen functional groups attached to an aromatic ring is 1. The van der Waals surface area contributed by atoms with Gasteiger partial charge in [0.1, 0.15) is 0 Å². The molecular weight excluding hydrogens is 163 g/mol. The first kappa shape index (κ1) is 6.90. The minimum atomic E-state index is -0.703. The van der Waals surface area contributed by atoms with Gasteiger partial charge in [-0.2, -0.15) is 0 Å². The van der Waals surface area contributed by atoms with E-state index in [4.69, 9.17) is 5.73 Å². The van der Waals surface area contributed by atoms with E-state index in [0.717, 1.165) is 0 Å². The fourth-order valence-electron chi connectivity index (χ4n) is 0.998. The summed E-state index contributed by atoms with van der Waals surface area (Å²) < 4.78 is 17.5. The van der Waals surface area contributed by atoms with Crippen LogP contribution in [0, 0.1) is 5.82 Å². The number of aromatic amines is 1. The number of hydrogen-bond donors (Lipinski definition) is 2. The van der Waals surface area contributed by atoms with Gasteiger partial charge in [-0.15, -0.1) is 0 Å². The van der Waals surface area contributed by atoms with Gasteiger partial charge in [0.05, 0.1) is 11.2 Å². The van der Waals surface area contributed by atoms with Crippen LogP contribution < -0.4 is 11.5 Å². The molecule has 0 spiro atoms. The quantitative estimate of drug-likeness (QED) is 0.572. The van der Waals surface area contributed by atoms with E-state index in [2.05, 4.69) is 9.40 Å². The summed E-state index contributed by atoms with van der Waals surface area (Å²) in [4.78, 5) is 12.9. The lowest BCUT2D eigenvalue weighted by Gasteiger charge is -1.93. The molecule has 0 unspecified atom stereocenters. The van der Waals surface area contributed by atoms with Crippen LogP contribution >= 0.6 is 0 Å². The van der Waals surface area contributed by atoms with E-state index in [-0.39, 0.29) is 11.3 Å². The molecule has 0 amide bonds. The predicted octanol–water partition coefficient (Wildman–Crippen LogP) is 0.842. The fraction of sp³-hybridized carbons (Fsp3) is 0. The largest absolute Gasteiger partial charge is 0.417 e. The molecule has 2 rings (SSSR count). The van der Waals surface area contributed by atoms with Crippen LogP contribution in [0.3, 0.4) is 0 Å². The second-order valence-electron chi connectivity index (χ2n) is 2.36. The van der Waals surface area contributed by atoms with Crippen molar-refractivity contribution >= 4 is 16.8 Å². The third kappa shape index (κ3) is 0.795. The molecule has 0 aliphatic carbocycles. The highest BCUT2D eigenvalue weighted by atomic mass is 19.1. The van der Waals surface area contributed by atoms with Gasteiger partial charge in [0.25, 0.3) is 0 Å². The molecule has 0 saturated heterocycles. The molecule has 0 radical (unpaired) electrons. The number of anilines is 1.